The lowest BCUT2D eigenvalue weighted by molar-refractivity contribution is -0.123. The lowest BCUT2D eigenvalue weighted by atomic mass is 9.97. The number of nitrogens with one attached hydrogen (secondary N) is 1. The van der Waals surface area contributed by atoms with Crippen molar-refractivity contribution in [2.75, 3.05) is 37.6 Å². The molecule has 6 nitrogen and oxygen atoms in total. The number of amides is 3. The number of likely N-dealkylation sites (tertiary alicyclic amines) is 1. The minimum absolute atomic E-state index is 0.0511. The lowest BCUT2D eigenvalue weighted by Gasteiger charge is -2.31. The molecule has 0 unspecified atom stereocenters. The molecule has 1 aromatic carbocycles. The molecule has 2 aliphatic rings. The fourth-order valence-electron chi connectivity index (χ4n) is 3.67. The molecule has 0 saturated carbocycles. The van der Waals surface area contributed by atoms with Gasteiger partial charge in [-0.25, -0.2) is 9.18 Å². The molecular formula is C18H25FN4O2. The molecule has 1 saturated heterocycles. The van der Waals surface area contributed by atoms with Crippen LogP contribution in [0.15, 0.2) is 18.2 Å². The zero-order valence-electron chi connectivity index (χ0n) is 14.3. The number of piperidine rings is 1. The molecular weight excluding hydrogens is 323 g/mol. The Kier molecular flexibility index (Phi) is 5.53. The summed E-state index contributed by atoms with van der Waals surface area (Å²) in [6.45, 7) is 3.68. The van der Waals surface area contributed by atoms with Gasteiger partial charge in [0, 0.05) is 25.3 Å². The molecule has 2 aliphatic heterocycles. The third-order valence-electron chi connectivity index (χ3n) is 5.02. The van der Waals surface area contributed by atoms with Crippen molar-refractivity contribution in [1.82, 2.24) is 10.2 Å². The summed E-state index contributed by atoms with van der Waals surface area (Å²) in [5.41, 5.74) is 7.06. The Balaban J connectivity index is 1.41. The normalized spacial score (nSPS) is 20.4. The summed E-state index contributed by atoms with van der Waals surface area (Å²) >= 11 is 0. The van der Waals surface area contributed by atoms with E-state index in [9.17, 15) is 14.0 Å². The number of carbonyl (C=O) groups excluding carboxylic acids is 2. The first-order valence-corrected chi connectivity index (χ1v) is 8.90. The van der Waals surface area contributed by atoms with Crippen molar-refractivity contribution in [3.63, 3.8) is 0 Å². The van der Waals surface area contributed by atoms with Crippen LogP contribution in [0.5, 0.6) is 0 Å². The molecule has 1 aromatic rings. The highest BCUT2D eigenvalue weighted by Gasteiger charge is 2.25. The highest BCUT2D eigenvalue weighted by Crippen LogP contribution is 2.28. The number of urea groups is 1. The standard InChI is InChI=1S/C18H25FN4O2/c19-15-4-5-16-13(11-15)6-10-23(16)18(25)21-7-2-9-22-8-1-3-14(12-22)17(20)24/h4-5,11,14H,1-3,6-10,12H2,(H2,20,24)(H,21,25)/t14-/m0/s1. The summed E-state index contributed by atoms with van der Waals surface area (Å²) in [7, 11) is 0. The number of hydrogen-bond donors (Lipinski definition) is 2. The summed E-state index contributed by atoms with van der Waals surface area (Å²) in [5, 5.41) is 2.93. The Bertz CT molecular complexity index is 652. The molecule has 3 amide bonds. The average molecular weight is 348 g/mol. The predicted molar refractivity (Wildman–Crippen MR) is 93.8 cm³/mol. The van der Waals surface area contributed by atoms with E-state index in [1.54, 1.807) is 11.0 Å². The minimum atomic E-state index is -0.267. The highest BCUT2D eigenvalue weighted by molar-refractivity contribution is 5.94. The highest BCUT2D eigenvalue weighted by atomic mass is 19.1. The summed E-state index contributed by atoms with van der Waals surface area (Å²) in [4.78, 5) is 27.5. The number of hydrogen-bond acceptors (Lipinski definition) is 3. The third-order valence-corrected chi connectivity index (χ3v) is 5.02. The van der Waals surface area contributed by atoms with E-state index in [0.29, 0.717) is 26.1 Å². The average Bonchev–Trinajstić information content (AvgIpc) is 3.01. The number of halogens is 1. The van der Waals surface area contributed by atoms with E-state index in [4.69, 9.17) is 5.73 Å². The van der Waals surface area contributed by atoms with Gasteiger partial charge in [0.25, 0.3) is 0 Å². The molecule has 2 heterocycles. The van der Waals surface area contributed by atoms with Gasteiger partial charge in [-0.3, -0.25) is 9.69 Å². The number of carbonyl (C=O) groups is 2. The van der Waals surface area contributed by atoms with Crippen LogP contribution in [0.1, 0.15) is 24.8 Å². The van der Waals surface area contributed by atoms with E-state index in [0.717, 1.165) is 43.6 Å². The van der Waals surface area contributed by atoms with Crippen molar-refractivity contribution < 1.29 is 14.0 Å². The quantitative estimate of drug-likeness (QED) is 0.791. The van der Waals surface area contributed by atoms with Crippen molar-refractivity contribution in [3.8, 4) is 0 Å². The van der Waals surface area contributed by atoms with Crippen LogP contribution >= 0.6 is 0 Å². The molecule has 1 atom stereocenters. The zero-order chi connectivity index (χ0) is 17.8. The van der Waals surface area contributed by atoms with E-state index >= 15 is 0 Å². The van der Waals surface area contributed by atoms with E-state index in [1.807, 2.05) is 0 Å². The lowest BCUT2D eigenvalue weighted by Crippen LogP contribution is -2.43. The second-order valence-electron chi connectivity index (χ2n) is 6.80. The van der Waals surface area contributed by atoms with Crippen LogP contribution in [0.3, 0.4) is 0 Å². The van der Waals surface area contributed by atoms with E-state index < -0.39 is 0 Å². The van der Waals surface area contributed by atoms with E-state index in [1.165, 1.54) is 12.1 Å². The number of rotatable bonds is 5. The molecule has 7 heteroatoms. The fraction of sp³-hybridized carbons (Fsp3) is 0.556. The Morgan fingerprint density at radius 1 is 1.32 bits per heavy atom. The minimum Gasteiger partial charge on any atom is -0.369 e. The van der Waals surface area contributed by atoms with Gasteiger partial charge in [-0.15, -0.1) is 0 Å². The van der Waals surface area contributed by atoms with Gasteiger partial charge in [0.15, 0.2) is 0 Å². The molecule has 0 spiro atoms. The van der Waals surface area contributed by atoms with Crippen molar-refractivity contribution in [2.24, 2.45) is 11.7 Å². The first-order chi connectivity index (χ1) is 12.0. The molecule has 0 bridgehead atoms. The van der Waals surface area contributed by atoms with Gasteiger partial charge < -0.3 is 16.0 Å². The predicted octanol–water partition coefficient (Wildman–Crippen LogP) is 1.49. The maximum Gasteiger partial charge on any atom is 0.321 e. The topological polar surface area (TPSA) is 78.7 Å². The molecule has 136 valence electrons. The van der Waals surface area contributed by atoms with Crippen molar-refractivity contribution in [2.45, 2.75) is 25.7 Å². The summed E-state index contributed by atoms with van der Waals surface area (Å²) in [6.07, 6.45) is 3.36. The summed E-state index contributed by atoms with van der Waals surface area (Å²) in [5.74, 6) is -0.538. The first kappa shape index (κ1) is 17.7. The number of fused-ring (bicyclic) bond motifs is 1. The largest absolute Gasteiger partial charge is 0.369 e. The monoisotopic (exact) mass is 348 g/mol. The second kappa shape index (κ2) is 7.82. The van der Waals surface area contributed by atoms with Gasteiger partial charge in [-0.05, 0) is 62.5 Å². The van der Waals surface area contributed by atoms with Gasteiger partial charge in [0.05, 0.1) is 5.92 Å². The number of benzene rings is 1. The SMILES string of the molecule is NC(=O)[C@H]1CCCN(CCCNC(=O)N2CCc3cc(F)ccc32)C1. The second-order valence-corrected chi connectivity index (χ2v) is 6.80. The molecule has 3 N–H and O–H groups in total. The van der Waals surface area contributed by atoms with Gasteiger partial charge >= 0.3 is 6.03 Å². The number of nitrogens with zero attached hydrogens (tertiary/aromatic N) is 2. The van der Waals surface area contributed by atoms with Gasteiger partial charge in [-0.1, -0.05) is 0 Å². The Morgan fingerprint density at radius 3 is 2.96 bits per heavy atom. The molecule has 1 fully saturated rings. The fourth-order valence-corrected chi connectivity index (χ4v) is 3.67. The summed E-state index contributed by atoms with van der Waals surface area (Å²) < 4.78 is 13.2. The number of anilines is 1. The van der Waals surface area contributed by atoms with Gasteiger partial charge in [-0.2, -0.15) is 0 Å². The zero-order valence-corrected chi connectivity index (χ0v) is 14.3. The first-order valence-electron chi connectivity index (χ1n) is 8.90. The van der Waals surface area contributed by atoms with Crippen LogP contribution in [0.4, 0.5) is 14.9 Å². The van der Waals surface area contributed by atoms with Crippen molar-refractivity contribution in [1.29, 1.82) is 0 Å². The van der Waals surface area contributed by atoms with Crippen molar-refractivity contribution >= 4 is 17.6 Å². The smallest absolute Gasteiger partial charge is 0.321 e. The Morgan fingerprint density at radius 2 is 2.16 bits per heavy atom. The van der Waals surface area contributed by atoms with Gasteiger partial charge in [0.2, 0.25) is 5.91 Å². The number of primary amides is 1. The maximum absolute atomic E-state index is 13.2. The molecule has 0 radical (unpaired) electrons. The van der Waals surface area contributed by atoms with Crippen LogP contribution in [-0.4, -0.2) is 49.6 Å². The van der Waals surface area contributed by atoms with Crippen molar-refractivity contribution in [3.05, 3.63) is 29.6 Å². The van der Waals surface area contributed by atoms with E-state index in [-0.39, 0.29) is 23.7 Å². The number of nitrogens with two attached hydrogens (primary N) is 1. The van der Waals surface area contributed by atoms with Crippen LogP contribution in [0.25, 0.3) is 0 Å². The van der Waals surface area contributed by atoms with Crippen LogP contribution < -0.4 is 16.0 Å². The molecule has 0 aliphatic carbocycles. The van der Waals surface area contributed by atoms with Crippen LogP contribution in [-0.2, 0) is 11.2 Å². The maximum atomic E-state index is 13.2. The van der Waals surface area contributed by atoms with Crippen LogP contribution in [0, 0.1) is 11.7 Å². The third kappa shape index (κ3) is 4.28. The molecule has 25 heavy (non-hydrogen) atoms. The summed E-state index contributed by atoms with van der Waals surface area (Å²) in [6, 6.07) is 4.40. The molecule has 0 aromatic heterocycles. The Labute approximate surface area is 147 Å². The van der Waals surface area contributed by atoms with E-state index in [2.05, 4.69) is 10.2 Å². The van der Waals surface area contributed by atoms with Crippen LogP contribution in [0.2, 0.25) is 0 Å². The molecule has 3 rings (SSSR count). The Hall–Kier alpha value is -2.15. The van der Waals surface area contributed by atoms with Gasteiger partial charge in [0.1, 0.15) is 5.82 Å².